The highest BCUT2D eigenvalue weighted by atomic mass is 28.5. The van der Waals surface area contributed by atoms with Crippen LogP contribution in [0.1, 0.15) is 0 Å². The van der Waals surface area contributed by atoms with Gasteiger partial charge in [-0.15, -0.1) is 0 Å². The van der Waals surface area contributed by atoms with Crippen molar-refractivity contribution in [2.75, 3.05) is 14.1 Å². The van der Waals surface area contributed by atoms with Crippen LogP contribution in [0.4, 0.5) is 0 Å². The molecular formula is C10H34N4Si4. The maximum Gasteiger partial charge on any atom is 0.191 e. The van der Waals surface area contributed by atoms with Crippen LogP contribution in [-0.4, -0.2) is 52.8 Å². The van der Waals surface area contributed by atoms with Gasteiger partial charge in [-0.05, 0) is 53.4 Å². The van der Waals surface area contributed by atoms with E-state index in [4.69, 9.17) is 0 Å². The first-order chi connectivity index (χ1) is 7.77. The normalized spacial score (nSPS) is 14.7. The third kappa shape index (κ3) is 7.33. The highest BCUT2D eigenvalue weighted by Crippen LogP contribution is 2.07. The lowest BCUT2D eigenvalue weighted by atomic mass is 11.3. The molecule has 0 heterocycles. The molecule has 0 spiro atoms. The smallest absolute Gasteiger partial charge is 0.191 e. The minimum atomic E-state index is -1.56. The van der Waals surface area contributed by atoms with Crippen LogP contribution in [0.15, 0.2) is 0 Å². The topological polar surface area (TPSA) is 39.3 Å². The average molecular weight is 323 g/mol. The first-order valence-electron chi connectivity index (χ1n) is 6.81. The summed E-state index contributed by atoms with van der Waals surface area (Å²) in [4.78, 5) is 0. The summed E-state index contributed by atoms with van der Waals surface area (Å²) in [5, 5.41) is 0. The maximum atomic E-state index is 3.97. The average Bonchev–Trinajstić information content (AvgIpc) is 1.94. The molecule has 0 aliphatic carbocycles. The van der Waals surface area contributed by atoms with Gasteiger partial charge in [-0.3, -0.25) is 0 Å². The highest BCUT2D eigenvalue weighted by Gasteiger charge is 2.37. The van der Waals surface area contributed by atoms with Gasteiger partial charge in [0.2, 0.25) is 0 Å². The van der Waals surface area contributed by atoms with Gasteiger partial charge in [-0.2, -0.15) is 0 Å². The minimum Gasteiger partial charge on any atom is -0.350 e. The summed E-state index contributed by atoms with van der Waals surface area (Å²) in [6, 6.07) is 0. The van der Waals surface area contributed by atoms with Gasteiger partial charge in [-0.1, -0.05) is 13.1 Å². The van der Waals surface area contributed by atoms with Crippen LogP contribution in [-0.2, 0) is 0 Å². The van der Waals surface area contributed by atoms with E-state index in [2.05, 4.69) is 85.0 Å². The summed E-state index contributed by atoms with van der Waals surface area (Å²) >= 11 is 0. The van der Waals surface area contributed by atoms with Crippen molar-refractivity contribution in [1.29, 1.82) is 0 Å². The van der Waals surface area contributed by atoms with E-state index in [0.29, 0.717) is 0 Å². The van der Waals surface area contributed by atoms with E-state index < -0.39 is 34.1 Å². The Hall–Kier alpha value is 0.708. The Bertz CT molecular complexity index is 267. The third-order valence-corrected chi connectivity index (χ3v) is 20.4. The molecule has 0 aliphatic heterocycles. The van der Waals surface area contributed by atoms with Crippen molar-refractivity contribution in [3.05, 3.63) is 0 Å². The SMILES string of the molecule is CN(C)[Si](C)(C)N[Si](C)(C)N[Si](C)(C)N[SiH](C)C. The second-order valence-electron chi connectivity index (χ2n) is 7.25. The van der Waals surface area contributed by atoms with Crippen molar-refractivity contribution in [2.45, 2.75) is 52.4 Å². The van der Waals surface area contributed by atoms with Gasteiger partial charge in [0.1, 0.15) is 0 Å². The fourth-order valence-electron chi connectivity index (χ4n) is 2.45. The Morgan fingerprint density at radius 2 is 1.22 bits per heavy atom. The molecule has 0 atom stereocenters. The van der Waals surface area contributed by atoms with Gasteiger partial charge in [0.15, 0.2) is 25.2 Å². The van der Waals surface area contributed by atoms with Crippen molar-refractivity contribution < 1.29 is 0 Å². The summed E-state index contributed by atoms with van der Waals surface area (Å²) < 4.78 is 14.2. The summed E-state index contributed by atoms with van der Waals surface area (Å²) in [5.74, 6) is 0. The van der Waals surface area contributed by atoms with Crippen LogP contribution in [0.25, 0.3) is 0 Å². The number of hydrogen-bond donors (Lipinski definition) is 3. The van der Waals surface area contributed by atoms with Crippen LogP contribution >= 0.6 is 0 Å². The maximum absolute atomic E-state index is 3.97. The van der Waals surface area contributed by atoms with E-state index in [1.54, 1.807) is 0 Å². The lowest BCUT2D eigenvalue weighted by Gasteiger charge is -2.42. The van der Waals surface area contributed by atoms with Crippen LogP contribution in [0.5, 0.6) is 0 Å². The number of rotatable bonds is 7. The largest absolute Gasteiger partial charge is 0.350 e. The molecule has 0 rings (SSSR count). The second kappa shape index (κ2) is 6.44. The molecule has 0 fully saturated rings. The summed E-state index contributed by atoms with van der Waals surface area (Å²) in [6.07, 6.45) is 0. The van der Waals surface area contributed by atoms with E-state index >= 15 is 0 Å². The van der Waals surface area contributed by atoms with Gasteiger partial charge in [0.25, 0.3) is 0 Å². The Labute approximate surface area is 119 Å². The van der Waals surface area contributed by atoms with Gasteiger partial charge in [0, 0.05) is 0 Å². The molecule has 0 aliphatic rings. The van der Waals surface area contributed by atoms with Crippen molar-refractivity contribution in [3.63, 3.8) is 0 Å². The molecule has 0 saturated carbocycles. The Kier molecular flexibility index (Phi) is 6.69. The molecule has 0 amide bonds. The van der Waals surface area contributed by atoms with E-state index in [0.717, 1.165) is 0 Å². The Morgan fingerprint density at radius 1 is 0.778 bits per heavy atom. The van der Waals surface area contributed by atoms with Gasteiger partial charge in [-0.25, -0.2) is 0 Å². The quantitative estimate of drug-likeness (QED) is 0.620. The van der Waals surface area contributed by atoms with Crippen molar-refractivity contribution in [3.8, 4) is 0 Å². The first kappa shape index (κ1) is 18.7. The van der Waals surface area contributed by atoms with Gasteiger partial charge >= 0.3 is 0 Å². The standard InChI is InChI=1S/C10H34N4Si4/c1-14(2)18(9,10)13-17(7,8)12-16(5,6)11-15(3)4/h11-13,15H,1-10H3. The fraction of sp³-hybridized carbons (Fsp3) is 1.00. The number of nitrogens with zero attached hydrogens (tertiary/aromatic N) is 1. The molecule has 18 heavy (non-hydrogen) atoms. The molecule has 4 nitrogen and oxygen atoms in total. The van der Waals surface area contributed by atoms with Crippen molar-refractivity contribution in [2.24, 2.45) is 0 Å². The van der Waals surface area contributed by atoms with Gasteiger partial charge in [0.05, 0.1) is 8.96 Å². The van der Waals surface area contributed by atoms with E-state index in [-0.39, 0.29) is 0 Å². The summed E-state index contributed by atoms with van der Waals surface area (Å²) in [5.41, 5.74) is 0. The molecular weight excluding hydrogens is 288 g/mol. The number of nitrogens with one attached hydrogen (secondary N) is 3. The minimum absolute atomic E-state index is 0.713. The predicted molar refractivity (Wildman–Crippen MR) is 94.4 cm³/mol. The zero-order valence-corrected chi connectivity index (χ0v) is 18.2. The van der Waals surface area contributed by atoms with Gasteiger partial charge < -0.3 is 18.5 Å². The Morgan fingerprint density at radius 3 is 1.56 bits per heavy atom. The lowest BCUT2D eigenvalue weighted by molar-refractivity contribution is 0.612. The lowest BCUT2D eigenvalue weighted by Crippen LogP contribution is -2.78. The highest BCUT2D eigenvalue weighted by molar-refractivity contribution is 6.97. The molecule has 0 bridgehead atoms. The monoisotopic (exact) mass is 322 g/mol. The molecule has 0 aromatic rings. The van der Waals surface area contributed by atoms with E-state index in [9.17, 15) is 0 Å². The number of hydrogen-bond acceptors (Lipinski definition) is 4. The second-order valence-corrected chi connectivity index (χ2v) is 23.2. The zero-order valence-electron chi connectivity index (χ0n) is 14.0. The molecule has 3 N–H and O–H groups in total. The van der Waals surface area contributed by atoms with Crippen LogP contribution in [0.2, 0.25) is 52.4 Å². The molecule has 8 heteroatoms. The fourth-order valence-corrected chi connectivity index (χ4v) is 23.2. The molecule has 110 valence electrons. The Balaban J connectivity index is 4.65. The molecule has 0 aromatic carbocycles. The van der Waals surface area contributed by atoms with Crippen molar-refractivity contribution in [1.82, 2.24) is 18.5 Å². The summed E-state index contributed by atoms with van der Waals surface area (Å²) in [6.45, 7) is 19.0. The van der Waals surface area contributed by atoms with E-state index in [1.807, 2.05) is 0 Å². The zero-order chi connectivity index (χ0) is 14.8. The van der Waals surface area contributed by atoms with Crippen LogP contribution in [0.3, 0.4) is 0 Å². The molecule has 0 unspecified atom stereocenters. The van der Waals surface area contributed by atoms with Crippen molar-refractivity contribution >= 4 is 34.1 Å². The van der Waals surface area contributed by atoms with Crippen LogP contribution < -0.4 is 13.9 Å². The van der Waals surface area contributed by atoms with E-state index in [1.165, 1.54) is 0 Å². The van der Waals surface area contributed by atoms with Crippen LogP contribution in [0, 0.1) is 0 Å². The molecule has 0 radical (unpaired) electrons. The third-order valence-electron chi connectivity index (χ3n) is 3.01. The predicted octanol–water partition coefficient (Wildman–Crippen LogP) is 1.41. The molecule has 0 saturated heterocycles. The summed E-state index contributed by atoms with van der Waals surface area (Å²) in [7, 11) is -0.842. The molecule has 0 aromatic heterocycles. The first-order valence-corrected chi connectivity index (χ1v) is 18.6.